The normalized spacial score (nSPS) is 14.9. The van der Waals surface area contributed by atoms with E-state index in [0.29, 0.717) is 0 Å². The molecule has 2 aromatic heterocycles. The maximum atomic E-state index is 4.47. The van der Waals surface area contributed by atoms with Gasteiger partial charge in [-0.3, -0.25) is 0 Å². The first kappa shape index (κ1) is 15.4. The lowest BCUT2D eigenvalue weighted by Crippen LogP contribution is -2.30. The number of H-pyrrole nitrogens is 1. The van der Waals surface area contributed by atoms with Crippen LogP contribution in [0.3, 0.4) is 0 Å². The third-order valence-corrected chi connectivity index (χ3v) is 5.86. The second-order valence-corrected chi connectivity index (χ2v) is 7.41. The molecule has 0 amide bonds. The summed E-state index contributed by atoms with van der Waals surface area (Å²) in [6.07, 6.45) is 7.72. The van der Waals surface area contributed by atoms with E-state index in [2.05, 4.69) is 94.4 Å². The minimum Gasteiger partial charge on any atom is -0.359 e. The number of nitrogens with one attached hydrogen (secondary N) is 1. The van der Waals surface area contributed by atoms with Crippen molar-refractivity contribution < 1.29 is 0 Å². The minimum atomic E-state index is -0.142. The molecule has 2 heterocycles. The first-order valence-corrected chi connectivity index (χ1v) is 9.70. The molecule has 5 rings (SSSR count). The Bertz CT molecular complexity index is 1000. The molecule has 26 heavy (non-hydrogen) atoms. The standard InChI is InChI=1S/C23H18N2S/c1-3-7-18(8-4-1)23(19-9-5-2-6-10-19)12-11-20-17(13-23)14-24-22(20)21-15-26-16-25-21/h1-12,14-16,24H,13H2. The molecule has 0 saturated carbocycles. The van der Waals surface area contributed by atoms with E-state index in [0.717, 1.165) is 17.8 Å². The van der Waals surface area contributed by atoms with Crippen molar-refractivity contribution in [2.24, 2.45) is 0 Å². The number of allylic oxidation sites excluding steroid dienone is 1. The highest BCUT2D eigenvalue weighted by Crippen LogP contribution is 2.43. The van der Waals surface area contributed by atoms with E-state index < -0.39 is 0 Å². The summed E-state index contributed by atoms with van der Waals surface area (Å²) in [5.41, 5.74) is 9.13. The number of hydrogen-bond acceptors (Lipinski definition) is 2. The van der Waals surface area contributed by atoms with Crippen LogP contribution < -0.4 is 0 Å². The highest BCUT2D eigenvalue weighted by Gasteiger charge is 2.35. The zero-order valence-electron chi connectivity index (χ0n) is 14.2. The smallest absolute Gasteiger partial charge is 0.0979 e. The number of nitrogens with zero attached hydrogens (tertiary/aromatic N) is 1. The predicted octanol–water partition coefficient (Wildman–Crippen LogP) is 5.69. The fourth-order valence-corrected chi connectivity index (χ4v) is 4.52. The Morgan fingerprint density at radius 1 is 0.923 bits per heavy atom. The van der Waals surface area contributed by atoms with Crippen LogP contribution in [0.5, 0.6) is 0 Å². The maximum absolute atomic E-state index is 4.47. The van der Waals surface area contributed by atoms with Crippen LogP contribution in [0.2, 0.25) is 0 Å². The van der Waals surface area contributed by atoms with E-state index in [9.17, 15) is 0 Å². The molecule has 4 aromatic rings. The topological polar surface area (TPSA) is 28.7 Å². The average molecular weight is 354 g/mol. The van der Waals surface area contributed by atoms with Gasteiger partial charge in [0.1, 0.15) is 0 Å². The van der Waals surface area contributed by atoms with Crippen molar-refractivity contribution in [2.75, 3.05) is 0 Å². The number of rotatable bonds is 3. The molecule has 0 unspecified atom stereocenters. The number of aromatic amines is 1. The molecule has 2 aromatic carbocycles. The van der Waals surface area contributed by atoms with E-state index in [1.165, 1.54) is 22.3 Å². The summed E-state index contributed by atoms with van der Waals surface area (Å²) in [5.74, 6) is 0. The molecule has 0 aliphatic heterocycles. The summed E-state index contributed by atoms with van der Waals surface area (Å²) in [6, 6.07) is 21.6. The van der Waals surface area contributed by atoms with Crippen molar-refractivity contribution in [3.63, 3.8) is 0 Å². The third kappa shape index (κ3) is 2.36. The van der Waals surface area contributed by atoms with Crippen molar-refractivity contribution in [3.05, 3.63) is 106 Å². The van der Waals surface area contributed by atoms with E-state index in [1.807, 2.05) is 5.51 Å². The predicted molar refractivity (Wildman–Crippen MR) is 108 cm³/mol. The number of aromatic nitrogens is 2. The summed E-state index contributed by atoms with van der Waals surface area (Å²) in [6.45, 7) is 0. The monoisotopic (exact) mass is 354 g/mol. The van der Waals surface area contributed by atoms with Crippen molar-refractivity contribution in [1.82, 2.24) is 9.97 Å². The number of benzene rings is 2. The number of hydrogen-bond donors (Lipinski definition) is 1. The van der Waals surface area contributed by atoms with Crippen molar-refractivity contribution >= 4 is 17.4 Å². The van der Waals surface area contributed by atoms with Gasteiger partial charge in [0.2, 0.25) is 0 Å². The van der Waals surface area contributed by atoms with Crippen molar-refractivity contribution in [2.45, 2.75) is 11.8 Å². The lowest BCUT2D eigenvalue weighted by Gasteiger charge is -2.35. The molecule has 0 saturated heterocycles. The Kier molecular flexibility index (Phi) is 3.61. The molecule has 0 bridgehead atoms. The lowest BCUT2D eigenvalue weighted by atomic mass is 9.68. The molecular formula is C23H18N2S. The molecule has 0 fully saturated rings. The van der Waals surface area contributed by atoms with E-state index in [4.69, 9.17) is 0 Å². The minimum absolute atomic E-state index is 0.142. The lowest BCUT2D eigenvalue weighted by molar-refractivity contribution is 0.634. The van der Waals surface area contributed by atoms with Crippen LogP contribution in [0.25, 0.3) is 17.5 Å². The number of fused-ring (bicyclic) bond motifs is 1. The summed E-state index contributed by atoms with van der Waals surface area (Å²) in [7, 11) is 0. The highest BCUT2D eigenvalue weighted by atomic mass is 32.1. The summed E-state index contributed by atoms with van der Waals surface area (Å²) in [5, 5.41) is 2.09. The Morgan fingerprint density at radius 3 is 2.23 bits per heavy atom. The zero-order valence-corrected chi connectivity index (χ0v) is 15.0. The summed E-state index contributed by atoms with van der Waals surface area (Å²) in [4.78, 5) is 7.93. The molecule has 3 heteroatoms. The first-order chi connectivity index (χ1) is 12.9. The summed E-state index contributed by atoms with van der Waals surface area (Å²) >= 11 is 1.63. The Hall–Kier alpha value is -2.91. The second-order valence-electron chi connectivity index (χ2n) is 6.69. The van der Waals surface area contributed by atoms with Gasteiger partial charge in [0.25, 0.3) is 0 Å². The van der Waals surface area contributed by atoms with E-state index in [1.54, 1.807) is 11.3 Å². The molecule has 1 aliphatic rings. The van der Waals surface area contributed by atoms with Gasteiger partial charge in [-0.1, -0.05) is 72.8 Å². The van der Waals surface area contributed by atoms with Crippen molar-refractivity contribution in [1.29, 1.82) is 0 Å². The van der Waals surface area contributed by atoms with Crippen LogP contribution >= 0.6 is 11.3 Å². The van der Waals surface area contributed by atoms with Crippen LogP contribution in [0, 0.1) is 0 Å². The second kappa shape index (κ2) is 6.11. The van der Waals surface area contributed by atoms with Gasteiger partial charge in [0, 0.05) is 22.6 Å². The van der Waals surface area contributed by atoms with Crippen LogP contribution in [-0.2, 0) is 11.8 Å². The first-order valence-electron chi connectivity index (χ1n) is 8.76. The maximum Gasteiger partial charge on any atom is 0.0979 e. The van der Waals surface area contributed by atoms with Gasteiger partial charge >= 0.3 is 0 Å². The van der Waals surface area contributed by atoms with Crippen LogP contribution in [-0.4, -0.2) is 9.97 Å². The third-order valence-electron chi connectivity index (χ3n) is 5.28. The quantitative estimate of drug-likeness (QED) is 0.503. The van der Waals surface area contributed by atoms with E-state index in [-0.39, 0.29) is 5.41 Å². The molecule has 126 valence electrons. The Balaban J connectivity index is 1.67. The van der Waals surface area contributed by atoms with Crippen LogP contribution in [0.15, 0.2) is 83.8 Å². The number of thiazole rings is 1. The fraction of sp³-hybridized carbons (Fsp3) is 0.0870. The van der Waals surface area contributed by atoms with Crippen molar-refractivity contribution in [3.8, 4) is 11.4 Å². The molecule has 1 N–H and O–H groups in total. The van der Waals surface area contributed by atoms with Gasteiger partial charge in [0.15, 0.2) is 0 Å². The molecule has 2 nitrogen and oxygen atoms in total. The summed E-state index contributed by atoms with van der Waals surface area (Å²) < 4.78 is 0. The van der Waals surface area contributed by atoms with Gasteiger partial charge in [0.05, 0.1) is 16.9 Å². The van der Waals surface area contributed by atoms with Gasteiger partial charge in [-0.2, -0.15) is 0 Å². The largest absolute Gasteiger partial charge is 0.359 e. The average Bonchev–Trinajstić information content (AvgIpc) is 3.38. The van der Waals surface area contributed by atoms with Gasteiger partial charge in [-0.05, 0) is 23.1 Å². The van der Waals surface area contributed by atoms with Gasteiger partial charge in [-0.25, -0.2) is 4.98 Å². The molecular weight excluding hydrogens is 336 g/mol. The fourth-order valence-electron chi connectivity index (χ4n) is 3.98. The SMILES string of the molecule is C1=CC(c2ccccc2)(c2ccccc2)Cc2c[nH]c(-c3cscn3)c21. The van der Waals surface area contributed by atoms with E-state index >= 15 is 0 Å². The van der Waals surface area contributed by atoms with Crippen LogP contribution in [0.1, 0.15) is 22.3 Å². The molecule has 0 atom stereocenters. The molecule has 1 aliphatic carbocycles. The zero-order chi connectivity index (χ0) is 17.4. The molecule has 0 radical (unpaired) electrons. The van der Waals surface area contributed by atoms with Gasteiger partial charge < -0.3 is 4.98 Å². The van der Waals surface area contributed by atoms with Crippen LogP contribution in [0.4, 0.5) is 0 Å². The van der Waals surface area contributed by atoms with Gasteiger partial charge in [-0.15, -0.1) is 11.3 Å². The Labute approximate surface area is 156 Å². The Morgan fingerprint density at radius 2 is 1.62 bits per heavy atom. The molecule has 0 spiro atoms. The highest BCUT2D eigenvalue weighted by molar-refractivity contribution is 7.07.